The van der Waals surface area contributed by atoms with Crippen LogP contribution in [0.15, 0.2) is 0 Å². The Labute approximate surface area is 65.5 Å². The van der Waals surface area contributed by atoms with E-state index in [0.717, 1.165) is 6.54 Å². The first-order valence-corrected chi connectivity index (χ1v) is 3.69. The molecule has 0 aliphatic carbocycles. The zero-order valence-corrected chi connectivity index (χ0v) is 6.54. The van der Waals surface area contributed by atoms with E-state index in [1.807, 2.05) is 0 Å². The van der Waals surface area contributed by atoms with E-state index in [0.29, 0.717) is 18.9 Å². The van der Waals surface area contributed by atoms with Crippen LogP contribution in [0.2, 0.25) is 0 Å². The van der Waals surface area contributed by atoms with Gasteiger partial charge in [-0.15, -0.1) is 0 Å². The third-order valence-corrected chi connectivity index (χ3v) is 1.92. The molecule has 2 N–H and O–H groups in total. The van der Waals surface area contributed by atoms with E-state index in [1.54, 1.807) is 7.11 Å². The predicted molar refractivity (Wildman–Crippen MR) is 39.4 cm³/mol. The number of ether oxygens (including phenoxy) is 1. The molecule has 0 spiro atoms. The average Bonchev–Trinajstić information content (AvgIpc) is 2.37. The number of carboxylic acids is 1. The Hall–Kier alpha value is -0.610. The number of hydrogen-bond acceptors (Lipinski definition) is 3. The van der Waals surface area contributed by atoms with Crippen molar-refractivity contribution in [1.29, 1.82) is 0 Å². The first kappa shape index (κ1) is 8.49. The molecule has 1 rings (SSSR count). The smallest absolute Gasteiger partial charge is 0.320 e. The quantitative estimate of drug-likeness (QED) is 0.593. The van der Waals surface area contributed by atoms with Gasteiger partial charge >= 0.3 is 5.97 Å². The van der Waals surface area contributed by atoms with Crippen molar-refractivity contribution in [2.45, 2.75) is 12.5 Å². The van der Waals surface area contributed by atoms with Gasteiger partial charge in [0, 0.05) is 13.7 Å². The van der Waals surface area contributed by atoms with Crippen molar-refractivity contribution in [3.05, 3.63) is 0 Å². The molecule has 0 bridgehead atoms. The molecule has 0 aromatic carbocycles. The lowest BCUT2D eigenvalue weighted by atomic mass is 10.1. The topological polar surface area (TPSA) is 58.6 Å². The lowest BCUT2D eigenvalue weighted by molar-refractivity contribution is -0.139. The molecular weight excluding hydrogens is 146 g/mol. The van der Waals surface area contributed by atoms with E-state index < -0.39 is 5.97 Å². The summed E-state index contributed by atoms with van der Waals surface area (Å²) in [5.41, 5.74) is 0. The summed E-state index contributed by atoms with van der Waals surface area (Å²) in [4.78, 5) is 10.4. The summed E-state index contributed by atoms with van der Waals surface area (Å²) < 4.78 is 4.92. The van der Waals surface area contributed by atoms with E-state index >= 15 is 0 Å². The molecule has 4 nitrogen and oxygen atoms in total. The molecule has 1 aliphatic rings. The lowest BCUT2D eigenvalue weighted by Crippen LogP contribution is -2.29. The van der Waals surface area contributed by atoms with Crippen LogP contribution in [0, 0.1) is 5.92 Å². The Morgan fingerprint density at radius 1 is 1.82 bits per heavy atom. The fourth-order valence-electron chi connectivity index (χ4n) is 1.36. The Balaban J connectivity index is 2.29. The van der Waals surface area contributed by atoms with Gasteiger partial charge in [0.25, 0.3) is 0 Å². The maximum atomic E-state index is 10.4. The molecule has 0 saturated carbocycles. The minimum Gasteiger partial charge on any atom is -0.480 e. The van der Waals surface area contributed by atoms with Crippen molar-refractivity contribution in [2.24, 2.45) is 5.92 Å². The SMILES string of the molecule is COCC1CNC(C(=O)O)C1. The minimum absolute atomic E-state index is 0.362. The van der Waals surface area contributed by atoms with Crippen LogP contribution >= 0.6 is 0 Å². The van der Waals surface area contributed by atoms with Gasteiger partial charge in [-0.25, -0.2) is 0 Å². The number of aliphatic carboxylic acids is 1. The maximum Gasteiger partial charge on any atom is 0.320 e. The Morgan fingerprint density at radius 3 is 3.00 bits per heavy atom. The molecule has 1 aliphatic heterocycles. The summed E-state index contributed by atoms with van der Waals surface area (Å²) >= 11 is 0. The van der Waals surface area contributed by atoms with Gasteiger partial charge in [-0.05, 0) is 12.3 Å². The van der Waals surface area contributed by atoms with Crippen molar-refractivity contribution >= 4 is 5.97 Å². The van der Waals surface area contributed by atoms with Crippen LogP contribution in [0.4, 0.5) is 0 Å². The van der Waals surface area contributed by atoms with Gasteiger partial charge in [0.05, 0.1) is 6.61 Å². The van der Waals surface area contributed by atoms with Crippen LogP contribution in [-0.2, 0) is 9.53 Å². The molecule has 1 saturated heterocycles. The van der Waals surface area contributed by atoms with Gasteiger partial charge in [0.15, 0.2) is 0 Å². The zero-order valence-electron chi connectivity index (χ0n) is 6.54. The summed E-state index contributed by atoms with van der Waals surface area (Å²) in [6.07, 6.45) is 0.684. The monoisotopic (exact) mass is 159 g/mol. The second kappa shape index (κ2) is 3.69. The predicted octanol–water partition coefficient (Wildman–Crippen LogP) is -0.305. The molecular formula is C7H13NO3. The maximum absolute atomic E-state index is 10.4. The lowest BCUT2D eigenvalue weighted by Gasteiger charge is -2.04. The molecule has 4 heteroatoms. The van der Waals surface area contributed by atoms with Crippen molar-refractivity contribution < 1.29 is 14.6 Å². The van der Waals surface area contributed by atoms with Crippen LogP contribution < -0.4 is 5.32 Å². The van der Waals surface area contributed by atoms with Crippen LogP contribution in [0.25, 0.3) is 0 Å². The van der Waals surface area contributed by atoms with E-state index in [4.69, 9.17) is 9.84 Å². The van der Waals surface area contributed by atoms with Gasteiger partial charge in [-0.2, -0.15) is 0 Å². The second-order valence-electron chi connectivity index (χ2n) is 2.86. The Morgan fingerprint density at radius 2 is 2.55 bits per heavy atom. The van der Waals surface area contributed by atoms with Gasteiger partial charge in [-0.1, -0.05) is 0 Å². The molecule has 64 valence electrons. The van der Waals surface area contributed by atoms with Crippen LogP contribution in [0.1, 0.15) is 6.42 Å². The summed E-state index contributed by atoms with van der Waals surface area (Å²) in [5.74, 6) is -0.398. The third kappa shape index (κ3) is 2.17. The fourth-order valence-corrected chi connectivity index (χ4v) is 1.36. The van der Waals surface area contributed by atoms with E-state index in [1.165, 1.54) is 0 Å². The highest BCUT2D eigenvalue weighted by atomic mass is 16.5. The molecule has 1 heterocycles. The van der Waals surface area contributed by atoms with E-state index in [9.17, 15) is 4.79 Å². The van der Waals surface area contributed by atoms with Crippen LogP contribution in [0.5, 0.6) is 0 Å². The normalized spacial score (nSPS) is 30.6. The molecule has 0 amide bonds. The van der Waals surface area contributed by atoms with Crippen molar-refractivity contribution in [3.8, 4) is 0 Å². The molecule has 1 fully saturated rings. The molecule has 2 atom stereocenters. The van der Waals surface area contributed by atoms with Crippen LogP contribution in [-0.4, -0.2) is 37.4 Å². The highest BCUT2D eigenvalue weighted by Crippen LogP contribution is 2.13. The number of carboxylic acid groups (broad SMARTS) is 1. The second-order valence-corrected chi connectivity index (χ2v) is 2.86. The summed E-state index contributed by atoms with van der Waals surface area (Å²) in [7, 11) is 1.63. The van der Waals surface area contributed by atoms with E-state index in [2.05, 4.69) is 5.32 Å². The third-order valence-electron chi connectivity index (χ3n) is 1.92. The van der Waals surface area contributed by atoms with Crippen molar-refractivity contribution in [2.75, 3.05) is 20.3 Å². The zero-order chi connectivity index (χ0) is 8.27. The molecule has 11 heavy (non-hydrogen) atoms. The van der Waals surface area contributed by atoms with Crippen LogP contribution in [0.3, 0.4) is 0 Å². The number of carbonyl (C=O) groups is 1. The standard InChI is InChI=1S/C7H13NO3/c1-11-4-5-2-6(7(9)10)8-3-5/h5-6,8H,2-4H2,1H3,(H,9,10). The highest BCUT2D eigenvalue weighted by molar-refractivity contribution is 5.73. The average molecular weight is 159 g/mol. The number of methoxy groups -OCH3 is 1. The summed E-state index contributed by atoms with van der Waals surface area (Å²) in [6.45, 7) is 1.40. The van der Waals surface area contributed by atoms with Crippen molar-refractivity contribution in [1.82, 2.24) is 5.32 Å². The van der Waals surface area contributed by atoms with Crippen molar-refractivity contribution in [3.63, 3.8) is 0 Å². The highest BCUT2D eigenvalue weighted by Gasteiger charge is 2.28. The largest absolute Gasteiger partial charge is 0.480 e. The number of nitrogens with one attached hydrogen (secondary N) is 1. The molecule has 0 aromatic rings. The number of rotatable bonds is 3. The van der Waals surface area contributed by atoms with Gasteiger partial charge in [0.1, 0.15) is 6.04 Å². The number of hydrogen-bond donors (Lipinski definition) is 2. The van der Waals surface area contributed by atoms with Gasteiger partial charge < -0.3 is 15.2 Å². The first-order chi connectivity index (χ1) is 5.24. The first-order valence-electron chi connectivity index (χ1n) is 3.69. The summed E-state index contributed by atoms with van der Waals surface area (Å²) in [5, 5.41) is 11.5. The molecule has 2 unspecified atom stereocenters. The fraction of sp³-hybridized carbons (Fsp3) is 0.857. The minimum atomic E-state index is -0.761. The Kier molecular flexibility index (Phi) is 2.84. The Bertz CT molecular complexity index is 149. The summed E-state index contributed by atoms with van der Waals surface area (Å²) in [6, 6.07) is -0.366. The molecule has 0 aromatic heterocycles. The van der Waals surface area contributed by atoms with Gasteiger partial charge in [0.2, 0.25) is 0 Å². The van der Waals surface area contributed by atoms with Gasteiger partial charge in [-0.3, -0.25) is 4.79 Å². The van der Waals surface area contributed by atoms with E-state index in [-0.39, 0.29) is 6.04 Å². The molecule has 0 radical (unpaired) electrons.